The fourth-order valence-electron chi connectivity index (χ4n) is 2.65. The second-order valence-electron chi connectivity index (χ2n) is 6.31. The van der Waals surface area contributed by atoms with Gasteiger partial charge in [0, 0.05) is 11.4 Å². The molecule has 2 amide bonds. The standard InChI is InChI=1S/C21H24N4O3/c1-3-25(15-21(27)24-18-8-10-19(28-2)11-9-18)14-20(26)23-17-6-4-16(5-7-17)12-13-22/h4-11H,3,12,14-15H2,1-2H3,(H,23,26)(H,24,27)/p+1. The second-order valence-corrected chi connectivity index (χ2v) is 6.31. The van der Waals surface area contributed by atoms with Crippen molar-refractivity contribution in [3.63, 3.8) is 0 Å². The average molecular weight is 381 g/mol. The summed E-state index contributed by atoms with van der Waals surface area (Å²) in [6.07, 6.45) is 0.339. The van der Waals surface area contributed by atoms with Crippen LogP contribution in [0.1, 0.15) is 12.5 Å². The first-order chi connectivity index (χ1) is 13.5. The number of nitrogens with zero attached hydrogens (tertiary/aromatic N) is 1. The van der Waals surface area contributed by atoms with Crippen LogP contribution in [0.15, 0.2) is 48.5 Å². The Morgan fingerprint density at radius 3 is 1.89 bits per heavy atom. The van der Waals surface area contributed by atoms with E-state index in [1.807, 2.05) is 19.1 Å². The van der Waals surface area contributed by atoms with E-state index in [2.05, 4.69) is 16.7 Å². The number of anilines is 2. The van der Waals surface area contributed by atoms with Crippen LogP contribution >= 0.6 is 0 Å². The summed E-state index contributed by atoms with van der Waals surface area (Å²) >= 11 is 0. The minimum Gasteiger partial charge on any atom is -0.497 e. The van der Waals surface area contributed by atoms with Crippen LogP contribution in [-0.2, 0) is 16.0 Å². The normalized spacial score (nSPS) is 11.2. The summed E-state index contributed by atoms with van der Waals surface area (Å²) in [5, 5.41) is 14.3. The number of nitrogens with one attached hydrogen (secondary N) is 3. The Hall–Kier alpha value is -3.37. The molecule has 1 unspecified atom stereocenters. The van der Waals surface area contributed by atoms with E-state index in [-0.39, 0.29) is 24.9 Å². The summed E-state index contributed by atoms with van der Waals surface area (Å²) in [5.74, 6) is 0.397. The monoisotopic (exact) mass is 381 g/mol. The largest absolute Gasteiger partial charge is 0.497 e. The molecule has 3 N–H and O–H groups in total. The molecule has 0 fully saturated rings. The molecule has 0 spiro atoms. The number of rotatable bonds is 9. The number of carbonyl (C=O) groups excluding carboxylic acids is 2. The van der Waals surface area contributed by atoms with Gasteiger partial charge in [-0.25, -0.2) is 0 Å². The highest BCUT2D eigenvalue weighted by Gasteiger charge is 2.17. The Morgan fingerprint density at radius 1 is 0.964 bits per heavy atom. The zero-order chi connectivity index (χ0) is 20.4. The van der Waals surface area contributed by atoms with Crippen molar-refractivity contribution in [3.05, 3.63) is 54.1 Å². The first kappa shape index (κ1) is 20.9. The number of likely N-dealkylation sites (N-methyl/N-ethyl adjacent to an activating group) is 1. The van der Waals surface area contributed by atoms with Gasteiger partial charge >= 0.3 is 0 Å². The van der Waals surface area contributed by atoms with Crippen molar-refractivity contribution in [1.82, 2.24) is 0 Å². The lowest BCUT2D eigenvalue weighted by Gasteiger charge is -2.17. The molecule has 0 radical (unpaired) electrons. The number of benzene rings is 2. The van der Waals surface area contributed by atoms with E-state index in [4.69, 9.17) is 10.00 Å². The second kappa shape index (κ2) is 10.7. The highest BCUT2D eigenvalue weighted by Crippen LogP contribution is 2.14. The van der Waals surface area contributed by atoms with Gasteiger partial charge < -0.3 is 20.3 Å². The number of nitriles is 1. The highest BCUT2D eigenvalue weighted by molar-refractivity contribution is 5.93. The number of hydrogen-bond acceptors (Lipinski definition) is 4. The molecular weight excluding hydrogens is 356 g/mol. The molecule has 2 aromatic rings. The van der Waals surface area contributed by atoms with Gasteiger partial charge in [0.2, 0.25) is 0 Å². The van der Waals surface area contributed by atoms with Gasteiger partial charge in [-0.05, 0) is 48.9 Å². The summed E-state index contributed by atoms with van der Waals surface area (Å²) in [7, 11) is 1.59. The lowest BCUT2D eigenvalue weighted by Crippen LogP contribution is -3.13. The molecular formula is C21H25N4O3+. The summed E-state index contributed by atoms with van der Waals surface area (Å²) in [4.78, 5) is 25.4. The van der Waals surface area contributed by atoms with E-state index >= 15 is 0 Å². The number of methoxy groups -OCH3 is 1. The third kappa shape index (κ3) is 6.74. The lowest BCUT2D eigenvalue weighted by molar-refractivity contribution is -0.881. The molecule has 2 rings (SSSR count). The SMILES string of the molecule is CC[NH+](CC(=O)Nc1ccc(CC#N)cc1)CC(=O)Nc1ccc(OC)cc1. The maximum absolute atomic E-state index is 12.3. The van der Waals surface area contributed by atoms with Crippen LogP contribution < -0.4 is 20.3 Å². The number of carbonyl (C=O) groups is 2. The molecule has 0 aliphatic rings. The molecule has 146 valence electrons. The van der Waals surface area contributed by atoms with E-state index in [9.17, 15) is 9.59 Å². The molecule has 0 heterocycles. The predicted octanol–water partition coefficient (Wildman–Crippen LogP) is 1.24. The molecule has 0 aliphatic heterocycles. The minimum absolute atomic E-state index is 0.157. The van der Waals surface area contributed by atoms with Crippen molar-refractivity contribution in [2.24, 2.45) is 0 Å². The minimum atomic E-state index is -0.165. The molecule has 0 aromatic heterocycles. The molecule has 7 heteroatoms. The third-order valence-corrected chi connectivity index (χ3v) is 4.22. The molecule has 0 saturated heterocycles. The van der Waals surface area contributed by atoms with Gasteiger partial charge in [0.15, 0.2) is 13.1 Å². The number of hydrogen-bond donors (Lipinski definition) is 3. The zero-order valence-corrected chi connectivity index (χ0v) is 16.1. The van der Waals surface area contributed by atoms with E-state index in [0.717, 1.165) is 16.2 Å². The maximum atomic E-state index is 12.3. The Morgan fingerprint density at radius 2 is 1.46 bits per heavy atom. The van der Waals surface area contributed by atoms with E-state index in [1.165, 1.54) is 0 Å². The molecule has 1 atom stereocenters. The fourth-order valence-corrected chi connectivity index (χ4v) is 2.65. The van der Waals surface area contributed by atoms with Crippen LogP contribution in [0.5, 0.6) is 5.75 Å². The molecule has 7 nitrogen and oxygen atoms in total. The quantitative estimate of drug-likeness (QED) is 0.609. The molecule has 0 saturated carbocycles. The van der Waals surface area contributed by atoms with Crippen molar-refractivity contribution >= 4 is 23.2 Å². The predicted molar refractivity (Wildman–Crippen MR) is 107 cm³/mol. The fraction of sp³-hybridized carbons (Fsp3) is 0.286. The highest BCUT2D eigenvalue weighted by atomic mass is 16.5. The molecule has 0 aliphatic carbocycles. The van der Waals surface area contributed by atoms with Crippen molar-refractivity contribution in [2.45, 2.75) is 13.3 Å². The third-order valence-electron chi connectivity index (χ3n) is 4.22. The van der Waals surface area contributed by atoms with Crippen LogP contribution in [-0.4, -0.2) is 38.6 Å². The summed E-state index contributed by atoms with van der Waals surface area (Å²) in [5.41, 5.74) is 2.25. The van der Waals surface area contributed by atoms with Crippen LogP contribution in [0.2, 0.25) is 0 Å². The number of ether oxygens (including phenoxy) is 1. The van der Waals surface area contributed by atoms with Crippen LogP contribution in [0.25, 0.3) is 0 Å². The maximum Gasteiger partial charge on any atom is 0.279 e. The van der Waals surface area contributed by atoms with Gasteiger partial charge in [-0.1, -0.05) is 12.1 Å². The van der Waals surface area contributed by atoms with Gasteiger partial charge in [-0.2, -0.15) is 5.26 Å². The zero-order valence-electron chi connectivity index (χ0n) is 16.1. The van der Waals surface area contributed by atoms with Crippen molar-refractivity contribution < 1.29 is 19.2 Å². The van der Waals surface area contributed by atoms with Gasteiger partial charge in [-0.15, -0.1) is 0 Å². The first-order valence-electron chi connectivity index (χ1n) is 9.07. The van der Waals surface area contributed by atoms with E-state index in [0.29, 0.717) is 24.3 Å². The topological polar surface area (TPSA) is 95.7 Å². The van der Waals surface area contributed by atoms with Crippen molar-refractivity contribution in [3.8, 4) is 11.8 Å². The van der Waals surface area contributed by atoms with E-state index in [1.54, 1.807) is 43.5 Å². The van der Waals surface area contributed by atoms with Crippen molar-refractivity contribution in [2.75, 3.05) is 37.4 Å². The summed E-state index contributed by atoms with van der Waals surface area (Å²) in [6, 6.07) is 16.3. The Bertz CT molecular complexity index is 826. The van der Waals surface area contributed by atoms with Gasteiger partial charge in [0.25, 0.3) is 11.8 Å². The Kier molecular flexibility index (Phi) is 8.00. The van der Waals surface area contributed by atoms with E-state index < -0.39 is 0 Å². The molecule has 2 aromatic carbocycles. The number of amides is 2. The van der Waals surface area contributed by atoms with Gasteiger partial charge in [0.05, 0.1) is 26.1 Å². The first-order valence-corrected chi connectivity index (χ1v) is 9.07. The van der Waals surface area contributed by atoms with Gasteiger partial charge in [-0.3, -0.25) is 9.59 Å². The smallest absolute Gasteiger partial charge is 0.279 e. The molecule has 0 bridgehead atoms. The summed E-state index contributed by atoms with van der Waals surface area (Å²) in [6.45, 7) is 2.95. The van der Waals surface area contributed by atoms with Crippen molar-refractivity contribution in [1.29, 1.82) is 5.26 Å². The van der Waals surface area contributed by atoms with Crippen LogP contribution in [0.4, 0.5) is 11.4 Å². The average Bonchev–Trinajstić information content (AvgIpc) is 2.69. The Balaban J connectivity index is 1.83. The Labute approximate surface area is 164 Å². The summed E-state index contributed by atoms with van der Waals surface area (Å²) < 4.78 is 5.09. The van der Waals surface area contributed by atoms with Crippen LogP contribution in [0, 0.1) is 11.3 Å². The molecule has 28 heavy (non-hydrogen) atoms. The van der Waals surface area contributed by atoms with Gasteiger partial charge in [0.1, 0.15) is 5.75 Å². The lowest BCUT2D eigenvalue weighted by atomic mass is 10.1. The number of quaternary nitrogens is 1. The van der Waals surface area contributed by atoms with Crippen LogP contribution in [0.3, 0.4) is 0 Å².